The number of hydrogen-bond acceptors (Lipinski definition) is 4. The first-order valence-electron chi connectivity index (χ1n) is 5.95. The third-order valence-electron chi connectivity index (χ3n) is 2.43. The molecule has 0 saturated heterocycles. The molecule has 0 aliphatic carbocycles. The molecule has 0 fully saturated rings. The van der Waals surface area contributed by atoms with Crippen molar-refractivity contribution < 1.29 is 14.6 Å². The Bertz CT molecular complexity index is 570. The molecule has 1 aromatic carbocycles. The predicted molar refractivity (Wildman–Crippen MR) is 78.9 cm³/mol. The molecule has 0 bridgehead atoms. The molecular weight excluding hydrogens is 324 g/mol. The zero-order valence-electron chi connectivity index (χ0n) is 10.5. The first-order valence-corrected chi connectivity index (χ1v) is 6.75. The smallest absolute Gasteiger partial charge is 0.274 e. The fourth-order valence-electron chi connectivity index (χ4n) is 1.50. The summed E-state index contributed by atoms with van der Waals surface area (Å²) in [5.41, 5.74) is 0.991. The number of pyridine rings is 1. The summed E-state index contributed by atoms with van der Waals surface area (Å²) in [5, 5.41) is 11.4. The van der Waals surface area contributed by atoms with Gasteiger partial charge in [0.1, 0.15) is 18.1 Å². The number of carbonyl (C=O) groups excluding carboxylic acids is 1. The zero-order chi connectivity index (χ0) is 14.4. The van der Waals surface area contributed by atoms with Crippen molar-refractivity contribution >= 4 is 27.5 Å². The number of hydrogen-bond donors (Lipinski definition) is 2. The van der Waals surface area contributed by atoms with Gasteiger partial charge in [-0.15, -0.1) is 0 Å². The van der Waals surface area contributed by atoms with Gasteiger partial charge in [-0.3, -0.25) is 4.79 Å². The van der Waals surface area contributed by atoms with Gasteiger partial charge in [-0.25, -0.2) is 4.98 Å². The predicted octanol–water partition coefficient (Wildman–Crippen LogP) is 2.47. The normalized spacial score (nSPS) is 10.1. The third kappa shape index (κ3) is 4.04. The summed E-state index contributed by atoms with van der Waals surface area (Å²) >= 11 is 3.26. The van der Waals surface area contributed by atoms with Gasteiger partial charge >= 0.3 is 0 Å². The number of nitrogens with one attached hydrogen (secondary N) is 1. The Kier molecular flexibility index (Phi) is 5.09. The van der Waals surface area contributed by atoms with Crippen LogP contribution in [0.25, 0.3) is 0 Å². The highest BCUT2D eigenvalue weighted by Crippen LogP contribution is 2.16. The molecule has 0 unspecified atom stereocenters. The Morgan fingerprint density at radius 3 is 2.60 bits per heavy atom. The second-order valence-corrected chi connectivity index (χ2v) is 4.83. The van der Waals surface area contributed by atoms with Crippen LogP contribution >= 0.6 is 15.9 Å². The number of benzene rings is 1. The summed E-state index contributed by atoms with van der Waals surface area (Å²) in [6.07, 6.45) is 1.57. The summed E-state index contributed by atoms with van der Waals surface area (Å²) in [4.78, 5) is 16.0. The van der Waals surface area contributed by atoms with E-state index in [1.54, 1.807) is 42.6 Å². The minimum atomic E-state index is -0.276. The fourth-order valence-corrected chi connectivity index (χ4v) is 1.74. The molecule has 20 heavy (non-hydrogen) atoms. The number of anilines is 1. The van der Waals surface area contributed by atoms with E-state index >= 15 is 0 Å². The number of amides is 1. The molecule has 2 N–H and O–H groups in total. The van der Waals surface area contributed by atoms with Gasteiger partial charge in [0.15, 0.2) is 0 Å². The number of ether oxygens (including phenoxy) is 1. The highest BCUT2D eigenvalue weighted by Gasteiger charge is 2.07. The lowest BCUT2D eigenvalue weighted by molar-refractivity contribution is 0.102. The van der Waals surface area contributed by atoms with E-state index in [1.165, 1.54) is 0 Å². The summed E-state index contributed by atoms with van der Waals surface area (Å²) in [5.74, 6) is 0.361. The van der Waals surface area contributed by atoms with Crippen LogP contribution in [0.15, 0.2) is 47.1 Å². The molecule has 0 atom stereocenters. The lowest BCUT2D eigenvalue weighted by atomic mass is 10.3. The number of aromatic nitrogens is 1. The molecule has 0 saturated carbocycles. The van der Waals surface area contributed by atoms with Crippen LogP contribution in [0.4, 0.5) is 5.69 Å². The van der Waals surface area contributed by atoms with E-state index in [9.17, 15) is 4.79 Å². The number of rotatable bonds is 5. The van der Waals surface area contributed by atoms with Crippen molar-refractivity contribution in [2.75, 3.05) is 18.5 Å². The summed E-state index contributed by atoms with van der Waals surface area (Å²) in [7, 11) is 0. The monoisotopic (exact) mass is 336 g/mol. The topological polar surface area (TPSA) is 71.5 Å². The van der Waals surface area contributed by atoms with Gasteiger partial charge in [0.25, 0.3) is 5.91 Å². The Hall–Kier alpha value is -1.92. The Labute approximate surface area is 124 Å². The molecule has 6 heteroatoms. The largest absolute Gasteiger partial charge is 0.491 e. The van der Waals surface area contributed by atoms with Crippen molar-refractivity contribution in [1.82, 2.24) is 4.98 Å². The van der Waals surface area contributed by atoms with Crippen LogP contribution in [-0.4, -0.2) is 29.2 Å². The molecule has 1 amide bonds. The number of carbonyl (C=O) groups is 1. The first-order chi connectivity index (χ1) is 9.69. The fraction of sp³-hybridized carbons (Fsp3) is 0.143. The number of aliphatic hydroxyl groups is 1. The molecular formula is C14H13BrN2O3. The standard InChI is InChI=1S/C14H13BrN2O3/c15-10-1-6-13(16-9-10)14(19)17-11-2-4-12(5-3-11)20-8-7-18/h1-6,9,18H,7-8H2,(H,17,19). The maximum Gasteiger partial charge on any atom is 0.274 e. The van der Waals surface area contributed by atoms with Crippen LogP contribution in [0.5, 0.6) is 5.75 Å². The highest BCUT2D eigenvalue weighted by atomic mass is 79.9. The molecule has 1 aromatic heterocycles. The quantitative estimate of drug-likeness (QED) is 0.879. The van der Waals surface area contributed by atoms with Crippen LogP contribution < -0.4 is 10.1 Å². The van der Waals surface area contributed by atoms with Gasteiger partial charge in [0.2, 0.25) is 0 Å². The van der Waals surface area contributed by atoms with Gasteiger partial charge in [-0.05, 0) is 52.3 Å². The van der Waals surface area contributed by atoms with E-state index in [1.807, 2.05) is 0 Å². The van der Waals surface area contributed by atoms with Crippen molar-refractivity contribution in [1.29, 1.82) is 0 Å². The van der Waals surface area contributed by atoms with Crippen molar-refractivity contribution in [3.8, 4) is 5.75 Å². The first kappa shape index (κ1) is 14.5. The summed E-state index contributed by atoms with van der Waals surface area (Å²) in [6, 6.07) is 10.3. The van der Waals surface area contributed by atoms with E-state index in [0.29, 0.717) is 17.1 Å². The van der Waals surface area contributed by atoms with Gasteiger partial charge in [-0.2, -0.15) is 0 Å². The van der Waals surface area contributed by atoms with Crippen molar-refractivity contribution in [3.05, 3.63) is 52.8 Å². The minimum Gasteiger partial charge on any atom is -0.491 e. The third-order valence-corrected chi connectivity index (χ3v) is 2.90. The molecule has 0 spiro atoms. The second-order valence-electron chi connectivity index (χ2n) is 3.91. The number of aliphatic hydroxyl groups excluding tert-OH is 1. The van der Waals surface area contributed by atoms with E-state index in [-0.39, 0.29) is 19.1 Å². The van der Waals surface area contributed by atoms with Crippen molar-refractivity contribution in [3.63, 3.8) is 0 Å². The van der Waals surface area contributed by atoms with E-state index in [0.717, 1.165) is 4.47 Å². The Balaban J connectivity index is 1.99. The molecule has 0 aliphatic rings. The van der Waals surface area contributed by atoms with E-state index in [4.69, 9.17) is 9.84 Å². The van der Waals surface area contributed by atoms with Crippen LogP contribution in [0.2, 0.25) is 0 Å². The molecule has 2 rings (SSSR count). The van der Waals surface area contributed by atoms with Crippen LogP contribution in [0.1, 0.15) is 10.5 Å². The Morgan fingerprint density at radius 2 is 2.00 bits per heavy atom. The summed E-state index contributed by atoms with van der Waals surface area (Å²) < 4.78 is 6.05. The molecule has 1 heterocycles. The lowest BCUT2D eigenvalue weighted by Crippen LogP contribution is -2.13. The van der Waals surface area contributed by atoms with Gasteiger partial charge in [0, 0.05) is 16.4 Å². The average molecular weight is 337 g/mol. The van der Waals surface area contributed by atoms with Crippen molar-refractivity contribution in [2.24, 2.45) is 0 Å². The number of halogens is 1. The van der Waals surface area contributed by atoms with Gasteiger partial charge in [0.05, 0.1) is 6.61 Å². The zero-order valence-corrected chi connectivity index (χ0v) is 12.1. The molecule has 5 nitrogen and oxygen atoms in total. The minimum absolute atomic E-state index is 0.0340. The molecule has 0 radical (unpaired) electrons. The lowest BCUT2D eigenvalue weighted by Gasteiger charge is -2.07. The maximum atomic E-state index is 11.9. The molecule has 0 aliphatic heterocycles. The van der Waals surface area contributed by atoms with E-state index < -0.39 is 0 Å². The maximum absolute atomic E-state index is 11.9. The van der Waals surface area contributed by atoms with Gasteiger partial charge < -0.3 is 15.2 Å². The molecule has 104 valence electrons. The van der Waals surface area contributed by atoms with Crippen LogP contribution in [0, 0.1) is 0 Å². The van der Waals surface area contributed by atoms with Gasteiger partial charge in [-0.1, -0.05) is 0 Å². The average Bonchev–Trinajstić information content (AvgIpc) is 2.47. The van der Waals surface area contributed by atoms with Crippen molar-refractivity contribution in [2.45, 2.75) is 0 Å². The SMILES string of the molecule is O=C(Nc1ccc(OCCO)cc1)c1ccc(Br)cn1. The molecule has 2 aromatic rings. The van der Waals surface area contributed by atoms with Crippen LogP contribution in [-0.2, 0) is 0 Å². The Morgan fingerprint density at radius 1 is 1.25 bits per heavy atom. The van der Waals surface area contributed by atoms with Crippen LogP contribution in [0.3, 0.4) is 0 Å². The number of nitrogens with zero attached hydrogens (tertiary/aromatic N) is 1. The highest BCUT2D eigenvalue weighted by molar-refractivity contribution is 9.10. The van der Waals surface area contributed by atoms with E-state index in [2.05, 4.69) is 26.2 Å². The summed E-state index contributed by atoms with van der Waals surface area (Å²) in [6.45, 7) is 0.211. The second kappa shape index (κ2) is 7.02.